The van der Waals surface area contributed by atoms with Gasteiger partial charge in [0.25, 0.3) is 0 Å². The van der Waals surface area contributed by atoms with Crippen molar-refractivity contribution < 1.29 is 0 Å². The van der Waals surface area contributed by atoms with Gasteiger partial charge in [-0.25, -0.2) is 9.97 Å². The van der Waals surface area contributed by atoms with Crippen molar-refractivity contribution in [3.63, 3.8) is 0 Å². The van der Waals surface area contributed by atoms with Crippen molar-refractivity contribution in [2.24, 2.45) is 0 Å². The van der Waals surface area contributed by atoms with E-state index >= 15 is 0 Å². The lowest BCUT2D eigenvalue weighted by atomic mass is 10.3. The topological polar surface area (TPSA) is 72.4 Å². The number of anilines is 3. The molecule has 0 amide bonds. The summed E-state index contributed by atoms with van der Waals surface area (Å²) in [7, 11) is 1.83. The van der Waals surface area contributed by atoms with Gasteiger partial charge in [-0.2, -0.15) is 0 Å². The molecule has 2 N–H and O–H groups in total. The van der Waals surface area contributed by atoms with E-state index in [9.17, 15) is 0 Å². The molecular formula is C8H13N6-. The summed E-state index contributed by atoms with van der Waals surface area (Å²) in [4.78, 5) is 8.11. The monoisotopic (exact) mass is 193 g/mol. The Morgan fingerprint density at radius 2 is 2.14 bits per heavy atom. The summed E-state index contributed by atoms with van der Waals surface area (Å²) in [5.41, 5.74) is 10.8. The average molecular weight is 193 g/mol. The minimum absolute atomic E-state index is 0.257. The van der Waals surface area contributed by atoms with Gasteiger partial charge < -0.3 is 21.3 Å². The SMILES string of the molecule is CC(C)N1[N-]N(C)c2c(N)ncnc21. The number of nitrogens with zero attached hydrogens (tertiary/aromatic N) is 5. The molecule has 0 spiro atoms. The van der Waals surface area contributed by atoms with Crippen LogP contribution >= 0.6 is 0 Å². The zero-order valence-electron chi connectivity index (χ0n) is 8.47. The third-order valence-corrected chi connectivity index (χ3v) is 2.09. The molecular weight excluding hydrogens is 180 g/mol. The molecule has 0 radical (unpaired) electrons. The third kappa shape index (κ3) is 1.15. The van der Waals surface area contributed by atoms with Crippen LogP contribution in [0.5, 0.6) is 0 Å². The quantitative estimate of drug-likeness (QED) is 0.718. The molecule has 1 aromatic heterocycles. The van der Waals surface area contributed by atoms with E-state index < -0.39 is 0 Å². The molecule has 14 heavy (non-hydrogen) atoms. The summed E-state index contributed by atoms with van der Waals surface area (Å²) < 4.78 is 0. The molecule has 0 unspecified atom stereocenters. The van der Waals surface area contributed by atoms with Crippen LogP contribution in [-0.2, 0) is 0 Å². The summed E-state index contributed by atoms with van der Waals surface area (Å²) in [6.45, 7) is 4.09. The van der Waals surface area contributed by atoms with Crippen molar-refractivity contribution in [1.29, 1.82) is 0 Å². The molecule has 2 heterocycles. The minimum atomic E-state index is 0.257. The van der Waals surface area contributed by atoms with Crippen LogP contribution in [0, 0.1) is 0 Å². The second kappa shape index (κ2) is 2.98. The van der Waals surface area contributed by atoms with E-state index in [0.29, 0.717) is 5.82 Å². The average Bonchev–Trinajstić information content (AvgIpc) is 2.45. The fraction of sp³-hybridized carbons (Fsp3) is 0.500. The zero-order valence-corrected chi connectivity index (χ0v) is 8.47. The lowest BCUT2D eigenvalue weighted by Crippen LogP contribution is -2.26. The predicted molar refractivity (Wildman–Crippen MR) is 55.8 cm³/mol. The normalized spacial score (nSPS) is 15.1. The molecule has 76 valence electrons. The van der Waals surface area contributed by atoms with E-state index in [1.54, 1.807) is 5.01 Å². The van der Waals surface area contributed by atoms with E-state index in [2.05, 4.69) is 15.5 Å². The number of nitrogens with two attached hydrogens (primary N) is 1. The molecule has 0 saturated heterocycles. The van der Waals surface area contributed by atoms with Gasteiger partial charge in [0.2, 0.25) is 0 Å². The van der Waals surface area contributed by atoms with E-state index in [4.69, 9.17) is 5.73 Å². The number of hydrogen-bond donors (Lipinski definition) is 1. The van der Waals surface area contributed by atoms with E-state index in [1.807, 2.05) is 25.9 Å². The molecule has 0 bridgehead atoms. The third-order valence-electron chi connectivity index (χ3n) is 2.09. The van der Waals surface area contributed by atoms with Crippen LogP contribution in [0.15, 0.2) is 6.33 Å². The van der Waals surface area contributed by atoms with Crippen LogP contribution in [0.1, 0.15) is 13.8 Å². The van der Waals surface area contributed by atoms with Gasteiger partial charge in [-0.1, -0.05) is 0 Å². The standard InChI is InChI=1S/C8H13N6/c1-5(2)14-8-6(13(3)12-14)7(9)10-4-11-8/h4-5H,1-3H3,(H2,9,10,11)/q-1. The van der Waals surface area contributed by atoms with Gasteiger partial charge in [-0.15, -0.1) is 0 Å². The molecule has 6 nitrogen and oxygen atoms in total. The Kier molecular flexibility index (Phi) is 1.92. The Morgan fingerprint density at radius 3 is 2.79 bits per heavy atom. The Balaban J connectivity index is 2.49. The fourth-order valence-corrected chi connectivity index (χ4v) is 1.44. The largest absolute Gasteiger partial charge is 0.473 e. The lowest BCUT2D eigenvalue weighted by Gasteiger charge is -2.38. The van der Waals surface area contributed by atoms with Crippen molar-refractivity contribution in [1.82, 2.24) is 9.97 Å². The zero-order chi connectivity index (χ0) is 10.3. The van der Waals surface area contributed by atoms with Crippen molar-refractivity contribution in [3.05, 3.63) is 11.9 Å². The molecule has 1 aliphatic rings. The Bertz CT molecular complexity index is 350. The summed E-state index contributed by atoms with van der Waals surface area (Å²) >= 11 is 0. The van der Waals surface area contributed by atoms with Gasteiger partial charge in [-0.3, -0.25) is 0 Å². The molecule has 0 saturated carbocycles. The predicted octanol–water partition coefficient (Wildman–Crippen LogP) is 0.927. The van der Waals surface area contributed by atoms with Gasteiger partial charge >= 0.3 is 0 Å². The van der Waals surface area contributed by atoms with E-state index in [1.165, 1.54) is 6.33 Å². The van der Waals surface area contributed by atoms with Crippen molar-refractivity contribution >= 4 is 17.3 Å². The summed E-state index contributed by atoms with van der Waals surface area (Å²) in [6.07, 6.45) is 1.46. The minimum Gasteiger partial charge on any atom is -0.473 e. The van der Waals surface area contributed by atoms with Gasteiger partial charge in [0, 0.05) is 6.04 Å². The molecule has 6 heteroatoms. The smallest absolute Gasteiger partial charge is 0.151 e. The van der Waals surface area contributed by atoms with Crippen LogP contribution in [0.3, 0.4) is 0 Å². The highest BCUT2D eigenvalue weighted by Gasteiger charge is 2.20. The highest BCUT2D eigenvalue weighted by Crippen LogP contribution is 2.40. The van der Waals surface area contributed by atoms with Crippen molar-refractivity contribution in [2.45, 2.75) is 19.9 Å². The first-order valence-electron chi connectivity index (χ1n) is 4.46. The van der Waals surface area contributed by atoms with Crippen LogP contribution < -0.4 is 15.8 Å². The molecule has 1 aromatic rings. The van der Waals surface area contributed by atoms with Crippen LogP contribution in [-0.4, -0.2) is 23.1 Å². The Labute approximate surface area is 82.7 Å². The first kappa shape index (κ1) is 9.01. The summed E-state index contributed by atoms with van der Waals surface area (Å²) in [6, 6.07) is 0.257. The second-order valence-corrected chi connectivity index (χ2v) is 3.48. The highest BCUT2D eigenvalue weighted by atomic mass is 15.8. The van der Waals surface area contributed by atoms with E-state index in [-0.39, 0.29) is 6.04 Å². The van der Waals surface area contributed by atoms with Crippen LogP contribution in [0.25, 0.3) is 5.53 Å². The molecule has 2 rings (SSSR count). The van der Waals surface area contributed by atoms with E-state index in [0.717, 1.165) is 11.5 Å². The maximum Gasteiger partial charge on any atom is 0.151 e. The highest BCUT2D eigenvalue weighted by molar-refractivity contribution is 5.83. The van der Waals surface area contributed by atoms with Gasteiger partial charge in [0.1, 0.15) is 17.8 Å². The van der Waals surface area contributed by atoms with Gasteiger partial charge in [0.15, 0.2) is 5.82 Å². The Morgan fingerprint density at radius 1 is 1.43 bits per heavy atom. The number of aromatic nitrogens is 2. The molecule has 0 fully saturated rings. The first-order valence-corrected chi connectivity index (χ1v) is 4.46. The molecule has 1 aliphatic heterocycles. The molecule has 0 aromatic carbocycles. The van der Waals surface area contributed by atoms with Crippen molar-refractivity contribution in [2.75, 3.05) is 22.8 Å². The van der Waals surface area contributed by atoms with Crippen molar-refractivity contribution in [3.8, 4) is 0 Å². The fourth-order valence-electron chi connectivity index (χ4n) is 1.44. The molecule has 0 atom stereocenters. The summed E-state index contributed by atoms with van der Waals surface area (Å²) in [5.74, 6) is 1.24. The summed E-state index contributed by atoms with van der Waals surface area (Å²) in [5, 5.41) is 3.53. The van der Waals surface area contributed by atoms with Crippen LogP contribution in [0.2, 0.25) is 0 Å². The number of rotatable bonds is 1. The first-order chi connectivity index (χ1) is 6.61. The Hall–Kier alpha value is -1.56. The number of fused-ring (bicyclic) bond motifs is 1. The van der Waals surface area contributed by atoms with Gasteiger partial charge in [0.05, 0.1) is 0 Å². The number of hydrogen-bond acceptors (Lipinski definition) is 5. The van der Waals surface area contributed by atoms with Gasteiger partial charge in [-0.05, 0) is 20.9 Å². The maximum absolute atomic E-state index is 5.75. The second-order valence-electron chi connectivity index (χ2n) is 3.48. The molecule has 0 aliphatic carbocycles. The number of nitrogen functional groups attached to an aromatic ring is 1. The maximum atomic E-state index is 5.75. The van der Waals surface area contributed by atoms with Crippen LogP contribution in [0.4, 0.5) is 17.3 Å². The lowest BCUT2D eigenvalue weighted by molar-refractivity contribution is 0.752.